The molecule has 0 aliphatic carbocycles. The highest BCUT2D eigenvalue weighted by Crippen LogP contribution is 2.09. The van der Waals surface area contributed by atoms with Gasteiger partial charge in [0, 0.05) is 25.8 Å². The molecule has 0 aliphatic heterocycles. The van der Waals surface area contributed by atoms with Crippen molar-refractivity contribution in [2.75, 3.05) is 18.9 Å². The third kappa shape index (κ3) is 4.08. The lowest BCUT2D eigenvalue weighted by atomic mass is 10.2. The third-order valence-corrected chi connectivity index (χ3v) is 2.26. The highest BCUT2D eigenvalue weighted by molar-refractivity contribution is 5.89. The second-order valence-corrected chi connectivity index (χ2v) is 3.35. The first-order valence-corrected chi connectivity index (χ1v) is 4.98. The summed E-state index contributed by atoms with van der Waals surface area (Å²) in [7, 11) is 1.75. The second-order valence-electron chi connectivity index (χ2n) is 3.35. The summed E-state index contributed by atoms with van der Waals surface area (Å²) in [5.74, 6) is 0. The Morgan fingerprint density at radius 2 is 1.94 bits per heavy atom. The molecule has 90 valence electrons. The van der Waals surface area contributed by atoms with E-state index in [1.807, 2.05) is 31.2 Å². The first-order chi connectivity index (χ1) is 7.17. The maximum Gasteiger partial charge on any atom is 0.321 e. The molecule has 0 saturated heterocycles. The number of nitrogens with zero attached hydrogens (tertiary/aromatic N) is 1. The van der Waals surface area contributed by atoms with Crippen LogP contribution in [0.25, 0.3) is 0 Å². The number of hydrogen-bond acceptors (Lipinski definition) is 2. The monoisotopic (exact) mass is 243 g/mol. The smallest absolute Gasteiger partial charge is 0.321 e. The number of benzene rings is 1. The number of hydrogen-bond donors (Lipinski definition) is 2. The van der Waals surface area contributed by atoms with Gasteiger partial charge < -0.3 is 16.0 Å². The molecule has 0 radical (unpaired) electrons. The number of carbonyl (C=O) groups excluding carboxylic acids is 1. The average molecular weight is 244 g/mol. The Morgan fingerprint density at radius 3 is 2.38 bits per heavy atom. The van der Waals surface area contributed by atoms with Crippen molar-refractivity contribution in [2.45, 2.75) is 13.5 Å². The lowest BCUT2D eigenvalue weighted by Gasteiger charge is -2.15. The van der Waals surface area contributed by atoms with Gasteiger partial charge in [-0.15, -0.1) is 12.4 Å². The molecule has 3 N–H and O–H groups in total. The summed E-state index contributed by atoms with van der Waals surface area (Å²) in [5.41, 5.74) is 7.32. The van der Waals surface area contributed by atoms with E-state index in [9.17, 15) is 4.79 Å². The molecular weight excluding hydrogens is 226 g/mol. The maximum absolute atomic E-state index is 11.5. The molecule has 0 saturated carbocycles. The minimum Gasteiger partial charge on any atom is -0.328 e. The van der Waals surface area contributed by atoms with Gasteiger partial charge in [-0.2, -0.15) is 0 Å². The van der Waals surface area contributed by atoms with Gasteiger partial charge in [0.15, 0.2) is 0 Å². The van der Waals surface area contributed by atoms with Gasteiger partial charge in [-0.25, -0.2) is 4.79 Å². The molecule has 1 aromatic carbocycles. The Bertz CT molecular complexity index is 327. The maximum atomic E-state index is 11.5. The van der Waals surface area contributed by atoms with Crippen LogP contribution in [0.3, 0.4) is 0 Å². The molecule has 0 spiro atoms. The summed E-state index contributed by atoms with van der Waals surface area (Å²) < 4.78 is 0. The molecule has 0 atom stereocenters. The number of urea groups is 1. The average Bonchev–Trinajstić information content (AvgIpc) is 2.29. The van der Waals surface area contributed by atoms with Crippen LogP contribution in [0, 0.1) is 0 Å². The Morgan fingerprint density at radius 1 is 1.38 bits per heavy atom. The minimum absolute atomic E-state index is 0. The van der Waals surface area contributed by atoms with Crippen LogP contribution in [-0.4, -0.2) is 24.5 Å². The van der Waals surface area contributed by atoms with Crippen LogP contribution in [0.15, 0.2) is 24.3 Å². The zero-order chi connectivity index (χ0) is 11.3. The number of rotatable bonds is 3. The van der Waals surface area contributed by atoms with Crippen molar-refractivity contribution in [3.63, 3.8) is 0 Å². The first kappa shape index (κ1) is 14.7. The van der Waals surface area contributed by atoms with E-state index in [-0.39, 0.29) is 18.4 Å². The topological polar surface area (TPSA) is 58.4 Å². The Labute approximate surface area is 102 Å². The summed E-state index contributed by atoms with van der Waals surface area (Å²) in [6.45, 7) is 3.13. The molecule has 0 fully saturated rings. The summed E-state index contributed by atoms with van der Waals surface area (Å²) in [6, 6.07) is 7.41. The van der Waals surface area contributed by atoms with Gasteiger partial charge in [-0.05, 0) is 24.6 Å². The summed E-state index contributed by atoms with van der Waals surface area (Å²) in [5, 5.41) is 2.79. The van der Waals surface area contributed by atoms with Crippen molar-refractivity contribution in [3.8, 4) is 0 Å². The fourth-order valence-electron chi connectivity index (χ4n) is 1.09. The SMILES string of the molecule is CCN(C)C(=O)Nc1ccc(CN)cc1.Cl. The fraction of sp³-hybridized carbons (Fsp3) is 0.364. The molecule has 0 bridgehead atoms. The molecule has 0 heterocycles. The van der Waals surface area contributed by atoms with Crippen LogP contribution in [0.4, 0.5) is 10.5 Å². The molecule has 2 amide bonds. The standard InChI is InChI=1S/C11H17N3O.ClH/c1-3-14(2)11(15)13-10-6-4-9(8-12)5-7-10;/h4-7H,3,8,12H2,1-2H3,(H,13,15);1H. The Hall–Kier alpha value is -1.26. The normalized spacial score (nSPS) is 9.19. The predicted molar refractivity (Wildman–Crippen MR) is 68.9 cm³/mol. The van der Waals surface area contributed by atoms with Gasteiger partial charge in [-0.1, -0.05) is 12.1 Å². The number of amides is 2. The number of halogens is 1. The van der Waals surface area contributed by atoms with Crippen molar-refractivity contribution >= 4 is 24.1 Å². The second kappa shape index (κ2) is 7.09. The van der Waals surface area contributed by atoms with E-state index < -0.39 is 0 Å². The summed E-state index contributed by atoms with van der Waals surface area (Å²) in [4.78, 5) is 13.1. The van der Waals surface area contributed by atoms with E-state index in [0.717, 1.165) is 11.3 Å². The van der Waals surface area contributed by atoms with Crippen molar-refractivity contribution in [1.29, 1.82) is 0 Å². The lowest BCUT2D eigenvalue weighted by molar-refractivity contribution is 0.224. The highest BCUT2D eigenvalue weighted by Gasteiger charge is 2.05. The van der Waals surface area contributed by atoms with Crippen LogP contribution >= 0.6 is 12.4 Å². The Kier molecular flexibility index (Phi) is 6.53. The van der Waals surface area contributed by atoms with Crippen LogP contribution in [0.2, 0.25) is 0 Å². The van der Waals surface area contributed by atoms with E-state index in [0.29, 0.717) is 13.1 Å². The zero-order valence-electron chi connectivity index (χ0n) is 9.56. The van der Waals surface area contributed by atoms with Gasteiger partial charge in [0.05, 0.1) is 0 Å². The minimum atomic E-state index is -0.0991. The molecule has 1 rings (SSSR count). The number of nitrogens with two attached hydrogens (primary N) is 1. The fourth-order valence-corrected chi connectivity index (χ4v) is 1.09. The van der Waals surface area contributed by atoms with E-state index >= 15 is 0 Å². The van der Waals surface area contributed by atoms with Gasteiger partial charge in [-0.3, -0.25) is 0 Å². The molecule has 0 aromatic heterocycles. The summed E-state index contributed by atoms with van der Waals surface area (Å²) in [6.07, 6.45) is 0. The van der Waals surface area contributed by atoms with Crippen molar-refractivity contribution < 1.29 is 4.79 Å². The van der Waals surface area contributed by atoms with Crippen LogP contribution in [0.5, 0.6) is 0 Å². The third-order valence-electron chi connectivity index (χ3n) is 2.26. The first-order valence-electron chi connectivity index (χ1n) is 4.98. The van der Waals surface area contributed by atoms with Gasteiger partial charge in [0.25, 0.3) is 0 Å². The van der Waals surface area contributed by atoms with E-state index in [1.165, 1.54) is 0 Å². The zero-order valence-corrected chi connectivity index (χ0v) is 10.4. The number of anilines is 1. The van der Waals surface area contributed by atoms with E-state index in [1.54, 1.807) is 11.9 Å². The predicted octanol–water partition coefficient (Wildman–Crippen LogP) is 2.05. The Balaban J connectivity index is 0.00000225. The molecule has 16 heavy (non-hydrogen) atoms. The number of nitrogens with one attached hydrogen (secondary N) is 1. The highest BCUT2D eigenvalue weighted by atomic mass is 35.5. The molecule has 0 unspecified atom stereocenters. The van der Waals surface area contributed by atoms with E-state index in [4.69, 9.17) is 5.73 Å². The quantitative estimate of drug-likeness (QED) is 0.854. The number of carbonyl (C=O) groups is 1. The van der Waals surface area contributed by atoms with Crippen molar-refractivity contribution in [1.82, 2.24) is 4.90 Å². The summed E-state index contributed by atoms with van der Waals surface area (Å²) >= 11 is 0. The van der Waals surface area contributed by atoms with E-state index in [2.05, 4.69) is 5.32 Å². The van der Waals surface area contributed by atoms with Gasteiger partial charge in [0.1, 0.15) is 0 Å². The molecule has 0 aliphatic rings. The van der Waals surface area contributed by atoms with Crippen LogP contribution in [-0.2, 0) is 6.54 Å². The van der Waals surface area contributed by atoms with Gasteiger partial charge >= 0.3 is 6.03 Å². The molecular formula is C11H18ClN3O. The van der Waals surface area contributed by atoms with Crippen LogP contribution < -0.4 is 11.1 Å². The molecule has 5 heteroatoms. The van der Waals surface area contributed by atoms with Crippen molar-refractivity contribution in [2.24, 2.45) is 5.73 Å². The lowest BCUT2D eigenvalue weighted by Crippen LogP contribution is -2.30. The molecule has 4 nitrogen and oxygen atoms in total. The largest absolute Gasteiger partial charge is 0.328 e. The molecule has 1 aromatic rings. The van der Waals surface area contributed by atoms with Crippen LogP contribution in [0.1, 0.15) is 12.5 Å². The van der Waals surface area contributed by atoms with Gasteiger partial charge in [0.2, 0.25) is 0 Å². The van der Waals surface area contributed by atoms with Crippen molar-refractivity contribution in [3.05, 3.63) is 29.8 Å².